The van der Waals surface area contributed by atoms with Crippen LogP contribution in [0.5, 0.6) is 0 Å². The van der Waals surface area contributed by atoms with Gasteiger partial charge in [-0.05, 0) is 44.7 Å². The second-order valence-corrected chi connectivity index (χ2v) is 5.22. The number of hydrogen-bond acceptors (Lipinski definition) is 2. The van der Waals surface area contributed by atoms with Crippen LogP contribution in [0.3, 0.4) is 0 Å². The first-order valence-electron chi connectivity index (χ1n) is 7.16. The van der Waals surface area contributed by atoms with Gasteiger partial charge in [-0.15, -0.1) is 0 Å². The molecule has 1 aliphatic rings. The van der Waals surface area contributed by atoms with Crippen LogP contribution in [0.1, 0.15) is 58.8 Å². The zero-order valence-corrected chi connectivity index (χ0v) is 11.1. The summed E-state index contributed by atoms with van der Waals surface area (Å²) in [7, 11) is 0. The van der Waals surface area contributed by atoms with Gasteiger partial charge in [0.2, 0.25) is 0 Å². The summed E-state index contributed by atoms with van der Waals surface area (Å²) in [5.41, 5.74) is 0. The van der Waals surface area contributed by atoms with Gasteiger partial charge in [0.1, 0.15) is 0 Å². The van der Waals surface area contributed by atoms with E-state index in [9.17, 15) is 0 Å². The number of nitrogens with zero attached hydrogens (tertiary/aromatic N) is 1. The van der Waals surface area contributed by atoms with Gasteiger partial charge in [-0.1, -0.05) is 33.1 Å². The first-order valence-corrected chi connectivity index (χ1v) is 7.16. The molecule has 0 amide bonds. The Morgan fingerprint density at radius 1 is 1.19 bits per heavy atom. The molecule has 1 saturated heterocycles. The maximum absolute atomic E-state index is 9.13. The molecule has 0 aromatic carbocycles. The van der Waals surface area contributed by atoms with Gasteiger partial charge in [-0.25, -0.2) is 0 Å². The smallest absolute Gasteiger partial charge is 0.0460 e. The molecule has 2 nitrogen and oxygen atoms in total. The van der Waals surface area contributed by atoms with E-state index >= 15 is 0 Å². The molecule has 0 aliphatic carbocycles. The van der Waals surface area contributed by atoms with Crippen molar-refractivity contribution in [3.63, 3.8) is 0 Å². The monoisotopic (exact) mass is 227 g/mol. The van der Waals surface area contributed by atoms with Crippen LogP contribution in [0, 0.1) is 5.92 Å². The third kappa shape index (κ3) is 4.42. The minimum atomic E-state index is 0.389. The van der Waals surface area contributed by atoms with E-state index < -0.39 is 0 Å². The fourth-order valence-corrected chi connectivity index (χ4v) is 2.78. The summed E-state index contributed by atoms with van der Waals surface area (Å²) in [5.74, 6) is 0.574. The van der Waals surface area contributed by atoms with E-state index in [0.29, 0.717) is 12.5 Å². The number of aliphatic hydroxyl groups excluding tert-OH is 1. The molecule has 1 aliphatic heterocycles. The maximum atomic E-state index is 9.13. The van der Waals surface area contributed by atoms with Crippen LogP contribution in [-0.4, -0.2) is 35.7 Å². The molecule has 0 bridgehead atoms. The van der Waals surface area contributed by atoms with E-state index in [1.165, 1.54) is 58.0 Å². The topological polar surface area (TPSA) is 23.5 Å². The van der Waals surface area contributed by atoms with Crippen molar-refractivity contribution in [2.24, 2.45) is 5.92 Å². The SMILES string of the molecule is CCCCCC(CC)N1CCC(CO)CC1. The van der Waals surface area contributed by atoms with Crippen molar-refractivity contribution >= 4 is 0 Å². The zero-order valence-electron chi connectivity index (χ0n) is 11.1. The van der Waals surface area contributed by atoms with Crippen molar-refractivity contribution in [1.29, 1.82) is 0 Å². The van der Waals surface area contributed by atoms with Crippen molar-refractivity contribution in [2.45, 2.75) is 64.8 Å². The summed E-state index contributed by atoms with van der Waals surface area (Å²) in [6, 6.07) is 0.797. The van der Waals surface area contributed by atoms with Gasteiger partial charge in [0.25, 0.3) is 0 Å². The first kappa shape index (κ1) is 14.0. The van der Waals surface area contributed by atoms with Crippen LogP contribution in [0.2, 0.25) is 0 Å². The third-order valence-corrected chi connectivity index (χ3v) is 4.04. The van der Waals surface area contributed by atoms with Crippen LogP contribution in [-0.2, 0) is 0 Å². The summed E-state index contributed by atoms with van der Waals surface area (Å²) in [5, 5.41) is 9.13. The second kappa shape index (κ2) is 8.08. The summed E-state index contributed by atoms with van der Waals surface area (Å²) in [6.45, 7) is 7.38. The Morgan fingerprint density at radius 2 is 1.88 bits per heavy atom. The minimum Gasteiger partial charge on any atom is -0.396 e. The largest absolute Gasteiger partial charge is 0.396 e. The Labute approximate surface area is 101 Å². The number of unbranched alkanes of at least 4 members (excludes halogenated alkanes) is 2. The highest BCUT2D eigenvalue weighted by Crippen LogP contribution is 2.22. The fraction of sp³-hybridized carbons (Fsp3) is 1.00. The zero-order chi connectivity index (χ0) is 11.8. The van der Waals surface area contributed by atoms with E-state index in [-0.39, 0.29) is 0 Å². The maximum Gasteiger partial charge on any atom is 0.0460 e. The molecule has 1 unspecified atom stereocenters. The van der Waals surface area contributed by atoms with Gasteiger partial charge in [-0.3, -0.25) is 0 Å². The molecule has 96 valence electrons. The van der Waals surface area contributed by atoms with Gasteiger partial charge < -0.3 is 10.0 Å². The fourth-order valence-electron chi connectivity index (χ4n) is 2.78. The molecule has 16 heavy (non-hydrogen) atoms. The van der Waals surface area contributed by atoms with Gasteiger partial charge in [0, 0.05) is 12.6 Å². The summed E-state index contributed by atoms with van der Waals surface area (Å²) in [6.07, 6.45) is 9.13. The molecule has 0 aromatic rings. The Hall–Kier alpha value is -0.0800. The van der Waals surface area contributed by atoms with Crippen molar-refractivity contribution in [2.75, 3.05) is 19.7 Å². The Bertz CT molecular complexity index is 161. The normalized spacial score (nSPS) is 21.2. The molecule has 1 N–H and O–H groups in total. The molecule has 0 saturated carbocycles. The summed E-state index contributed by atoms with van der Waals surface area (Å²) >= 11 is 0. The van der Waals surface area contributed by atoms with E-state index in [4.69, 9.17) is 5.11 Å². The van der Waals surface area contributed by atoms with Crippen LogP contribution in [0.25, 0.3) is 0 Å². The molecule has 0 radical (unpaired) electrons. The minimum absolute atomic E-state index is 0.389. The van der Waals surface area contributed by atoms with Crippen molar-refractivity contribution in [3.8, 4) is 0 Å². The highest BCUT2D eigenvalue weighted by molar-refractivity contribution is 4.77. The third-order valence-electron chi connectivity index (χ3n) is 4.04. The molecule has 1 heterocycles. The average molecular weight is 227 g/mol. The molecule has 0 aromatic heterocycles. The molecule has 1 atom stereocenters. The lowest BCUT2D eigenvalue weighted by molar-refractivity contribution is 0.0935. The van der Waals surface area contributed by atoms with Gasteiger partial charge in [0.05, 0.1) is 0 Å². The molecular weight excluding hydrogens is 198 g/mol. The lowest BCUT2D eigenvalue weighted by atomic mass is 9.95. The quantitative estimate of drug-likeness (QED) is 0.676. The first-order chi connectivity index (χ1) is 7.81. The van der Waals surface area contributed by atoms with Crippen LogP contribution >= 0.6 is 0 Å². The molecular formula is C14H29NO. The van der Waals surface area contributed by atoms with Gasteiger partial charge in [0.15, 0.2) is 0 Å². The van der Waals surface area contributed by atoms with E-state index in [1.54, 1.807) is 0 Å². The highest BCUT2D eigenvalue weighted by atomic mass is 16.3. The molecule has 1 rings (SSSR count). The molecule has 2 heteroatoms. The van der Waals surface area contributed by atoms with Gasteiger partial charge >= 0.3 is 0 Å². The number of piperidine rings is 1. The van der Waals surface area contributed by atoms with Crippen LogP contribution in [0.4, 0.5) is 0 Å². The standard InChI is InChI=1S/C14H29NO/c1-3-5-6-7-14(4-2)15-10-8-13(12-16)9-11-15/h13-14,16H,3-12H2,1-2H3. The number of rotatable bonds is 7. The number of aliphatic hydroxyl groups is 1. The van der Waals surface area contributed by atoms with Crippen molar-refractivity contribution in [3.05, 3.63) is 0 Å². The van der Waals surface area contributed by atoms with Crippen molar-refractivity contribution in [1.82, 2.24) is 4.90 Å². The average Bonchev–Trinajstić information content (AvgIpc) is 2.35. The summed E-state index contributed by atoms with van der Waals surface area (Å²) in [4.78, 5) is 2.65. The number of hydrogen-bond donors (Lipinski definition) is 1. The Balaban J connectivity index is 2.25. The molecule has 0 spiro atoms. The van der Waals surface area contributed by atoms with Crippen LogP contribution in [0.15, 0.2) is 0 Å². The number of likely N-dealkylation sites (tertiary alicyclic amines) is 1. The summed E-state index contributed by atoms with van der Waals surface area (Å²) < 4.78 is 0. The van der Waals surface area contributed by atoms with Crippen LogP contribution < -0.4 is 0 Å². The van der Waals surface area contributed by atoms with Crippen molar-refractivity contribution < 1.29 is 5.11 Å². The predicted octanol–water partition coefficient (Wildman–Crippen LogP) is 3.05. The van der Waals surface area contributed by atoms with E-state index in [2.05, 4.69) is 18.7 Å². The van der Waals surface area contributed by atoms with Gasteiger partial charge in [-0.2, -0.15) is 0 Å². The highest BCUT2D eigenvalue weighted by Gasteiger charge is 2.23. The second-order valence-electron chi connectivity index (χ2n) is 5.22. The lowest BCUT2D eigenvalue weighted by Gasteiger charge is -2.37. The van der Waals surface area contributed by atoms with E-state index in [1.807, 2.05) is 0 Å². The molecule has 1 fully saturated rings. The Kier molecular flexibility index (Phi) is 7.06. The predicted molar refractivity (Wildman–Crippen MR) is 69.6 cm³/mol. The lowest BCUT2D eigenvalue weighted by Crippen LogP contribution is -2.41. The Morgan fingerprint density at radius 3 is 2.38 bits per heavy atom. The van der Waals surface area contributed by atoms with E-state index in [0.717, 1.165) is 6.04 Å².